The van der Waals surface area contributed by atoms with E-state index in [1.165, 1.54) is 10.3 Å². The van der Waals surface area contributed by atoms with E-state index >= 15 is 0 Å². The summed E-state index contributed by atoms with van der Waals surface area (Å²) in [4.78, 5) is 26.0. The molecule has 0 bridgehead atoms. The van der Waals surface area contributed by atoms with Gasteiger partial charge in [0.25, 0.3) is 5.91 Å². The number of aryl methyl sites for hydroxylation is 1. The van der Waals surface area contributed by atoms with Crippen LogP contribution in [0.3, 0.4) is 0 Å². The predicted octanol–water partition coefficient (Wildman–Crippen LogP) is 7.20. The third-order valence-corrected chi connectivity index (χ3v) is 7.63. The molecule has 7 heteroatoms. The summed E-state index contributed by atoms with van der Waals surface area (Å²) in [6, 6.07) is 23.9. The number of aromatic nitrogens is 3. The van der Waals surface area contributed by atoms with Crippen LogP contribution < -0.4 is 5.32 Å². The van der Waals surface area contributed by atoms with Crippen LogP contribution in [0.15, 0.2) is 85.2 Å². The Balaban J connectivity index is 1.26. The lowest BCUT2D eigenvalue weighted by Gasteiger charge is -2.05. The number of benzene rings is 3. The Morgan fingerprint density at radius 2 is 1.47 bits per heavy atom. The number of carbonyl (C=O) groups is 1. The zero-order valence-electron chi connectivity index (χ0n) is 18.1. The first-order valence-electron chi connectivity index (χ1n) is 10.7. The van der Waals surface area contributed by atoms with Crippen LogP contribution in [-0.4, -0.2) is 20.9 Å². The Morgan fingerprint density at radius 3 is 2.21 bits per heavy atom. The Morgan fingerprint density at radius 1 is 0.794 bits per heavy atom. The normalized spacial score (nSPS) is 11.2. The summed E-state index contributed by atoms with van der Waals surface area (Å²) in [5.41, 5.74) is 6.62. The van der Waals surface area contributed by atoms with Crippen LogP contribution in [0.2, 0.25) is 0 Å². The zero-order chi connectivity index (χ0) is 23.1. The van der Waals surface area contributed by atoms with E-state index in [9.17, 15) is 4.79 Å². The fourth-order valence-corrected chi connectivity index (χ4v) is 5.80. The maximum Gasteiger partial charge on any atom is 0.257 e. The van der Waals surface area contributed by atoms with Crippen LogP contribution in [-0.2, 0) is 0 Å². The fourth-order valence-electron chi connectivity index (χ4n) is 3.73. The molecule has 6 rings (SSSR count). The van der Waals surface area contributed by atoms with E-state index < -0.39 is 0 Å². The summed E-state index contributed by atoms with van der Waals surface area (Å²) >= 11 is 3.37. The van der Waals surface area contributed by atoms with Gasteiger partial charge in [-0.05, 0) is 79.2 Å². The summed E-state index contributed by atoms with van der Waals surface area (Å²) < 4.78 is 2.33. The van der Waals surface area contributed by atoms with Crippen LogP contribution in [0.1, 0.15) is 15.9 Å². The summed E-state index contributed by atoms with van der Waals surface area (Å²) in [5.74, 6) is -0.182. The van der Waals surface area contributed by atoms with Crippen molar-refractivity contribution in [3.05, 3.63) is 96.3 Å². The van der Waals surface area contributed by atoms with Crippen molar-refractivity contribution in [3.8, 4) is 21.1 Å². The van der Waals surface area contributed by atoms with Gasteiger partial charge in [-0.25, -0.2) is 9.97 Å². The highest BCUT2D eigenvalue weighted by Crippen LogP contribution is 2.36. The molecule has 3 aromatic heterocycles. The number of nitrogens with zero attached hydrogens (tertiary/aromatic N) is 3. The molecule has 34 heavy (non-hydrogen) atoms. The van der Waals surface area contributed by atoms with Gasteiger partial charge in [0.05, 0.1) is 26.0 Å². The lowest BCUT2D eigenvalue weighted by Crippen LogP contribution is -2.11. The van der Waals surface area contributed by atoms with Crippen molar-refractivity contribution in [2.24, 2.45) is 0 Å². The molecule has 0 unspecified atom stereocenters. The van der Waals surface area contributed by atoms with E-state index in [1.807, 2.05) is 24.3 Å². The molecule has 0 atom stereocenters. The van der Waals surface area contributed by atoms with Crippen molar-refractivity contribution >= 4 is 54.7 Å². The first kappa shape index (κ1) is 20.7. The van der Waals surface area contributed by atoms with Crippen LogP contribution in [0, 0.1) is 6.92 Å². The predicted molar refractivity (Wildman–Crippen MR) is 141 cm³/mol. The lowest BCUT2D eigenvalue weighted by atomic mass is 10.2. The summed E-state index contributed by atoms with van der Waals surface area (Å²) in [5, 5.41) is 4.86. The van der Waals surface area contributed by atoms with Crippen molar-refractivity contribution in [3.63, 3.8) is 0 Å². The van der Waals surface area contributed by atoms with Crippen LogP contribution in [0.5, 0.6) is 0 Å². The van der Waals surface area contributed by atoms with Crippen molar-refractivity contribution in [2.75, 3.05) is 5.32 Å². The molecule has 0 radical (unpaired) electrons. The maximum atomic E-state index is 12.3. The van der Waals surface area contributed by atoms with Gasteiger partial charge < -0.3 is 5.32 Å². The number of pyridine rings is 1. The summed E-state index contributed by atoms with van der Waals surface area (Å²) in [6.07, 6.45) is 3.20. The third kappa shape index (κ3) is 3.96. The van der Waals surface area contributed by atoms with Gasteiger partial charge in [-0.2, -0.15) is 0 Å². The van der Waals surface area contributed by atoms with E-state index in [-0.39, 0.29) is 5.91 Å². The smallest absolute Gasteiger partial charge is 0.257 e. The van der Waals surface area contributed by atoms with E-state index in [1.54, 1.807) is 47.2 Å². The Bertz CT molecular complexity index is 1650. The molecule has 0 aliphatic rings. The van der Waals surface area contributed by atoms with Gasteiger partial charge in [-0.15, -0.1) is 22.7 Å². The molecule has 3 aromatic carbocycles. The number of hydrogen-bond acceptors (Lipinski definition) is 6. The average Bonchev–Trinajstić information content (AvgIpc) is 3.48. The van der Waals surface area contributed by atoms with Crippen LogP contribution >= 0.6 is 22.7 Å². The second-order valence-electron chi connectivity index (χ2n) is 7.96. The van der Waals surface area contributed by atoms with Crippen molar-refractivity contribution in [1.82, 2.24) is 15.0 Å². The SMILES string of the molecule is Cc1ccc2nc(-c3ccc4nc(-c5ccc(NC(=O)c6cccnc6)cc5)sc4c3)sc2c1. The number of carbonyl (C=O) groups excluding carboxylic acids is 1. The molecule has 0 saturated heterocycles. The highest BCUT2D eigenvalue weighted by Gasteiger charge is 2.12. The minimum atomic E-state index is -0.182. The zero-order valence-corrected chi connectivity index (χ0v) is 19.8. The fraction of sp³-hybridized carbons (Fsp3) is 0.0370. The number of nitrogens with one attached hydrogen (secondary N) is 1. The number of anilines is 1. The van der Waals surface area contributed by atoms with Crippen LogP contribution in [0.4, 0.5) is 5.69 Å². The first-order valence-corrected chi connectivity index (χ1v) is 12.4. The number of thiazole rings is 2. The van der Waals surface area contributed by atoms with Crippen molar-refractivity contribution in [2.45, 2.75) is 6.92 Å². The van der Waals surface area contributed by atoms with Crippen LogP contribution in [0.25, 0.3) is 41.6 Å². The van der Waals surface area contributed by atoms with Crippen molar-refractivity contribution in [1.29, 1.82) is 0 Å². The molecule has 164 valence electrons. The van der Waals surface area contributed by atoms with Gasteiger partial charge in [0.15, 0.2) is 0 Å². The number of hydrogen-bond donors (Lipinski definition) is 1. The molecule has 0 fully saturated rings. The topological polar surface area (TPSA) is 67.8 Å². The summed E-state index contributed by atoms with van der Waals surface area (Å²) in [7, 11) is 0. The molecular formula is C27H18N4OS2. The van der Waals surface area contributed by atoms with E-state index in [0.29, 0.717) is 5.56 Å². The first-order chi connectivity index (χ1) is 16.6. The Kier molecular flexibility index (Phi) is 5.13. The van der Waals surface area contributed by atoms with E-state index in [4.69, 9.17) is 9.97 Å². The van der Waals surface area contributed by atoms with Crippen molar-refractivity contribution < 1.29 is 4.79 Å². The molecule has 3 heterocycles. The van der Waals surface area contributed by atoms with Gasteiger partial charge in [0.1, 0.15) is 10.0 Å². The molecule has 0 aliphatic heterocycles. The molecule has 1 N–H and O–H groups in total. The minimum Gasteiger partial charge on any atom is -0.322 e. The average molecular weight is 479 g/mol. The molecule has 0 aliphatic carbocycles. The monoisotopic (exact) mass is 478 g/mol. The second kappa shape index (κ2) is 8.44. The lowest BCUT2D eigenvalue weighted by molar-refractivity contribution is 0.102. The standard InChI is InChI=1S/C27H18N4OS2/c1-16-4-10-21-23(13-16)33-27(31-21)18-7-11-22-24(14-18)34-26(30-22)17-5-8-20(9-6-17)29-25(32)19-3-2-12-28-15-19/h2-15H,1H3,(H,29,32). The van der Waals surface area contributed by atoms with Gasteiger partial charge in [0, 0.05) is 29.2 Å². The van der Waals surface area contributed by atoms with E-state index in [2.05, 4.69) is 53.6 Å². The van der Waals surface area contributed by atoms with E-state index in [0.717, 1.165) is 42.6 Å². The third-order valence-electron chi connectivity index (χ3n) is 5.49. The number of amides is 1. The maximum absolute atomic E-state index is 12.3. The number of fused-ring (bicyclic) bond motifs is 2. The molecule has 1 amide bonds. The largest absolute Gasteiger partial charge is 0.322 e. The van der Waals surface area contributed by atoms with Gasteiger partial charge in [-0.3, -0.25) is 9.78 Å². The highest BCUT2D eigenvalue weighted by molar-refractivity contribution is 7.22. The highest BCUT2D eigenvalue weighted by atomic mass is 32.1. The van der Waals surface area contributed by atoms with Gasteiger partial charge in [0.2, 0.25) is 0 Å². The minimum absolute atomic E-state index is 0.182. The Hall–Kier alpha value is -3.94. The molecule has 6 aromatic rings. The molecule has 5 nitrogen and oxygen atoms in total. The molecule has 0 saturated carbocycles. The van der Waals surface area contributed by atoms with Gasteiger partial charge in [-0.1, -0.05) is 6.07 Å². The summed E-state index contributed by atoms with van der Waals surface area (Å²) in [6.45, 7) is 2.10. The molecular weight excluding hydrogens is 460 g/mol. The van der Waals surface area contributed by atoms with Gasteiger partial charge >= 0.3 is 0 Å². The molecule has 0 spiro atoms. The Labute approximate surface area is 203 Å². The number of rotatable bonds is 4. The second-order valence-corrected chi connectivity index (χ2v) is 10.0. The quantitative estimate of drug-likeness (QED) is 0.291.